The van der Waals surface area contributed by atoms with E-state index in [2.05, 4.69) is 20.9 Å². The van der Waals surface area contributed by atoms with Gasteiger partial charge in [0.2, 0.25) is 0 Å². The van der Waals surface area contributed by atoms with E-state index < -0.39 is 12.0 Å². The van der Waals surface area contributed by atoms with Crippen molar-refractivity contribution in [3.8, 4) is 0 Å². The van der Waals surface area contributed by atoms with Crippen LogP contribution in [0.5, 0.6) is 0 Å². The molecule has 2 aromatic rings. The maximum Gasteiger partial charge on any atom is 0.325 e. The molecule has 1 saturated heterocycles. The van der Waals surface area contributed by atoms with Crippen LogP contribution in [0, 0.1) is 0 Å². The Balaban J connectivity index is 2.04. The Kier molecular flexibility index (Phi) is 3.78. The number of morpholine rings is 1. The number of fused-ring (bicyclic) bond motifs is 1. The lowest BCUT2D eigenvalue weighted by Crippen LogP contribution is -2.42. The highest BCUT2D eigenvalue weighted by Gasteiger charge is 2.30. The number of aliphatic carboxylic acids is 1. The molecule has 2 heterocycles. The molecular formula is C14H15BrN2O3. The lowest BCUT2D eigenvalue weighted by Gasteiger charge is -2.31. The van der Waals surface area contributed by atoms with Gasteiger partial charge in [0, 0.05) is 40.2 Å². The van der Waals surface area contributed by atoms with Crippen LogP contribution in [0.4, 0.5) is 0 Å². The number of halogens is 1. The predicted octanol–water partition coefficient (Wildman–Crippen LogP) is 2.39. The van der Waals surface area contributed by atoms with Crippen LogP contribution >= 0.6 is 15.9 Å². The van der Waals surface area contributed by atoms with E-state index in [0.717, 1.165) is 20.9 Å². The zero-order valence-corrected chi connectivity index (χ0v) is 12.4. The van der Waals surface area contributed by atoms with Gasteiger partial charge in [0.25, 0.3) is 0 Å². The lowest BCUT2D eigenvalue weighted by atomic mass is 10.0. The van der Waals surface area contributed by atoms with E-state index in [-0.39, 0.29) is 0 Å². The Morgan fingerprint density at radius 2 is 2.15 bits per heavy atom. The minimum atomic E-state index is -0.826. The van der Waals surface area contributed by atoms with Crippen molar-refractivity contribution in [2.45, 2.75) is 6.04 Å². The monoisotopic (exact) mass is 338 g/mol. The van der Waals surface area contributed by atoms with Crippen LogP contribution in [-0.2, 0) is 9.53 Å². The summed E-state index contributed by atoms with van der Waals surface area (Å²) in [5, 5.41) is 10.6. The van der Waals surface area contributed by atoms with Gasteiger partial charge in [-0.1, -0.05) is 15.9 Å². The average Bonchev–Trinajstić information content (AvgIpc) is 2.83. The van der Waals surface area contributed by atoms with Gasteiger partial charge in [0.1, 0.15) is 6.04 Å². The van der Waals surface area contributed by atoms with Crippen molar-refractivity contribution in [3.05, 3.63) is 34.4 Å². The van der Waals surface area contributed by atoms with Crippen LogP contribution in [0.2, 0.25) is 0 Å². The zero-order valence-electron chi connectivity index (χ0n) is 10.8. The summed E-state index contributed by atoms with van der Waals surface area (Å²) in [6.07, 6.45) is 1.80. The largest absolute Gasteiger partial charge is 0.480 e. The average molecular weight is 339 g/mol. The molecule has 0 radical (unpaired) electrons. The minimum absolute atomic E-state index is 0.579. The molecule has 1 aliphatic rings. The number of carboxylic acid groups (broad SMARTS) is 1. The van der Waals surface area contributed by atoms with Crippen molar-refractivity contribution in [1.82, 2.24) is 9.88 Å². The molecule has 0 spiro atoms. The predicted molar refractivity (Wildman–Crippen MR) is 78.8 cm³/mol. The third-order valence-electron chi connectivity index (χ3n) is 3.62. The fraction of sp³-hybridized carbons (Fsp3) is 0.357. The molecule has 5 nitrogen and oxygen atoms in total. The molecule has 1 aromatic carbocycles. The van der Waals surface area contributed by atoms with E-state index in [4.69, 9.17) is 4.74 Å². The second-order valence-corrected chi connectivity index (χ2v) is 5.74. The summed E-state index contributed by atoms with van der Waals surface area (Å²) >= 11 is 3.44. The molecule has 3 rings (SSSR count). The number of nitrogens with one attached hydrogen (secondary N) is 1. The molecule has 106 valence electrons. The van der Waals surface area contributed by atoms with Gasteiger partial charge in [-0.3, -0.25) is 9.69 Å². The number of nitrogens with zero attached hydrogens (tertiary/aromatic N) is 1. The van der Waals surface area contributed by atoms with Gasteiger partial charge in [0.05, 0.1) is 13.2 Å². The fourth-order valence-electron chi connectivity index (χ4n) is 2.66. The number of benzene rings is 1. The molecule has 0 aliphatic carbocycles. The van der Waals surface area contributed by atoms with Crippen molar-refractivity contribution in [1.29, 1.82) is 0 Å². The Bertz CT molecular complexity index is 634. The molecule has 2 N–H and O–H groups in total. The second-order valence-electron chi connectivity index (χ2n) is 4.82. The van der Waals surface area contributed by atoms with Crippen molar-refractivity contribution < 1.29 is 14.6 Å². The van der Waals surface area contributed by atoms with Gasteiger partial charge in [-0.25, -0.2) is 0 Å². The number of carbonyl (C=O) groups is 1. The molecule has 6 heteroatoms. The van der Waals surface area contributed by atoms with Gasteiger partial charge in [0.15, 0.2) is 0 Å². The highest BCUT2D eigenvalue weighted by atomic mass is 79.9. The summed E-state index contributed by atoms with van der Waals surface area (Å²) in [4.78, 5) is 16.8. The number of carboxylic acids is 1. The summed E-state index contributed by atoms with van der Waals surface area (Å²) in [5.41, 5.74) is 1.75. The first-order valence-electron chi connectivity index (χ1n) is 6.48. The molecule has 0 amide bonds. The molecular weight excluding hydrogens is 324 g/mol. The number of hydrogen-bond acceptors (Lipinski definition) is 3. The van der Waals surface area contributed by atoms with Crippen LogP contribution in [-0.4, -0.2) is 47.3 Å². The van der Waals surface area contributed by atoms with E-state index in [0.29, 0.717) is 26.3 Å². The smallest absolute Gasteiger partial charge is 0.325 e. The van der Waals surface area contributed by atoms with Crippen LogP contribution in [0.1, 0.15) is 11.6 Å². The maximum atomic E-state index is 11.7. The summed E-state index contributed by atoms with van der Waals surface area (Å²) in [6.45, 7) is 2.43. The number of H-pyrrole nitrogens is 1. The van der Waals surface area contributed by atoms with E-state index in [1.165, 1.54) is 0 Å². The Morgan fingerprint density at radius 3 is 2.85 bits per heavy atom. The highest BCUT2D eigenvalue weighted by Crippen LogP contribution is 2.31. The lowest BCUT2D eigenvalue weighted by molar-refractivity contribution is -0.145. The zero-order chi connectivity index (χ0) is 14.1. The highest BCUT2D eigenvalue weighted by molar-refractivity contribution is 9.10. The number of aromatic amines is 1. The van der Waals surface area contributed by atoms with Gasteiger partial charge in [-0.05, 0) is 18.2 Å². The summed E-state index contributed by atoms with van der Waals surface area (Å²) in [6, 6.07) is 5.20. The maximum absolute atomic E-state index is 11.7. The molecule has 0 bridgehead atoms. The topological polar surface area (TPSA) is 65.6 Å². The molecule has 1 aromatic heterocycles. The van der Waals surface area contributed by atoms with Crippen molar-refractivity contribution in [2.24, 2.45) is 0 Å². The number of ether oxygens (including phenoxy) is 1. The van der Waals surface area contributed by atoms with Gasteiger partial charge in [-0.15, -0.1) is 0 Å². The molecule has 1 unspecified atom stereocenters. The quantitative estimate of drug-likeness (QED) is 0.901. The van der Waals surface area contributed by atoms with Crippen molar-refractivity contribution >= 4 is 32.8 Å². The first-order valence-corrected chi connectivity index (χ1v) is 7.27. The van der Waals surface area contributed by atoms with Crippen LogP contribution in [0.25, 0.3) is 10.9 Å². The third kappa shape index (κ3) is 2.46. The summed E-state index contributed by atoms with van der Waals surface area (Å²) < 4.78 is 6.25. The van der Waals surface area contributed by atoms with Gasteiger partial charge < -0.3 is 14.8 Å². The van der Waals surface area contributed by atoms with Crippen LogP contribution in [0.3, 0.4) is 0 Å². The van der Waals surface area contributed by atoms with E-state index >= 15 is 0 Å². The Morgan fingerprint density at radius 1 is 1.40 bits per heavy atom. The SMILES string of the molecule is O=C(O)C(c1c[nH]c2ccc(Br)cc12)N1CCOCC1. The Hall–Kier alpha value is -1.37. The normalized spacial score (nSPS) is 18.2. The third-order valence-corrected chi connectivity index (χ3v) is 4.11. The summed E-state index contributed by atoms with van der Waals surface area (Å²) in [7, 11) is 0. The van der Waals surface area contributed by atoms with E-state index in [9.17, 15) is 9.90 Å². The number of rotatable bonds is 3. The molecule has 20 heavy (non-hydrogen) atoms. The fourth-order valence-corrected chi connectivity index (χ4v) is 3.02. The second kappa shape index (κ2) is 5.55. The number of hydrogen-bond donors (Lipinski definition) is 2. The first-order chi connectivity index (χ1) is 9.66. The van der Waals surface area contributed by atoms with Gasteiger partial charge in [-0.2, -0.15) is 0 Å². The summed E-state index contributed by atoms with van der Waals surface area (Å²) in [5.74, 6) is -0.826. The van der Waals surface area contributed by atoms with Crippen LogP contribution in [0.15, 0.2) is 28.9 Å². The molecule has 1 atom stereocenters. The molecule has 0 saturated carbocycles. The van der Waals surface area contributed by atoms with Crippen molar-refractivity contribution in [2.75, 3.05) is 26.3 Å². The van der Waals surface area contributed by atoms with Crippen LogP contribution < -0.4 is 0 Å². The van der Waals surface area contributed by atoms with Gasteiger partial charge >= 0.3 is 5.97 Å². The Labute approximate surface area is 124 Å². The van der Waals surface area contributed by atoms with E-state index in [1.807, 2.05) is 23.1 Å². The molecule has 1 fully saturated rings. The standard InChI is InChI=1S/C14H15BrN2O3/c15-9-1-2-12-10(7-9)11(8-16-12)13(14(18)19)17-3-5-20-6-4-17/h1-2,7-8,13,16H,3-6H2,(H,18,19). The number of aromatic nitrogens is 1. The van der Waals surface area contributed by atoms with E-state index in [1.54, 1.807) is 6.20 Å². The first kappa shape index (κ1) is 13.6. The minimum Gasteiger partial charge on any atom is -0.480 e. The van der Waals surface area contributed by atoms with Crippen molar-refractivity contribution in [3.63, 3.8) is 0 Å². The molecule has 1 aliphatic heterocycles.